The molecule has 0 aliphatic heterocycles. The Kier molecular flexibility index (Phi) is 10.0. The predicted octanol–water partition coefficient (Wildman–Crippen LogP) is 3.03. The van der Waals surface area contributed by atoms with Gasteiger partial charge in [0.05, 0.1) is 12.2 Å². The molecule has 0 bridgehead atoms. The summed E-state index contributed by atoms with van der Waals surface area (Å²) in [5.41, 5.74) is 0. The molecule has 140 valence electrons. The molecule has 3 N–H and O–H groups in total. The van der Waals surface area contributed by atoms with Crippen LogP contribution in [0.2, 0.25) is 0 Å². The van der Waals surface area contributed by atoms with E-state index in [1.165, 1.54) is 0 Å². The van der Waals surface area contributed by atoms with E-state index in [1.54, 1.807) is 12.2 Å². The number of ketones is 1. The predicted molar refractivity (Wildman–Crippen MR) is 97.0 cm³/mol. The number of rotatable bonds is 11. The highest BCUT2D eigenvalue weighted by Gasteiger charge is 2.39. The lowest BCUT2D eigenvalue weighted by Crippen LogP contribution is -2.18. The first-order valence-electron chi connectivity index (χ1n) is 9.04. The molecule has 0 heterocycles. The first kappa shape index (κ1) is 21.3. The summed E-state index contributed by atoms with van der Waals surface area (Å²) in [5, 5.41) is 28.6. The Morgan fingerprint density at radius 1 is 1.28 bits per heavy atom. The minimum Gasteiger partial charge on any atom is -0.481 e. The summed E-state index contributed by atoms with van der Waals surface area (Å²) in [6.07, 6.45) is 13.3. The van der Waals surface area contributed by atoms with Crippen LogP contribution in [0.15, 0.2) is 36.5 Å². The van der Waals surface area contributed by atoms with Crippen LogP contribution in [0.3, 0.4) is 0 Å². The number of carbonyl (C=O) groups is 2. The van der Waals surface area contributed by atoms with Crippen LogP contribution in [0, 0.1) is 11.8 Å². The summed E-state index contributed by atoms with van der Waals surface area (Å²) < 4.78 is 0. The van der Waals surface area contributed by atoms with Crippen molar-refractivity contribution in [1.82, 2.24) is 0 Å². The van der Waals surface area contributed by atoms with Crippen LogP contribution in [-0.4, -0.2) is 39.3 Å². The standard InChI is InChI=1S/C20H30O5/c1-2-3-6-9-15(21)12-13-17-16(18(22)14-19(17)23)10-7-4-5-8-11-20(24)25/h3-4,6-7,12-13,15-17,19,21,23H,2,5,8-11,14H2,1H3,(H,24,25)/b6-3+,7-4+,13-12+/t15-,16+,17+,19+/m1/s1. The molecule has 5 heteroatoms. The summed E-state index contributed by atoms with van der Waals surface area (Å²) in [6, 6.07) is 0. The van der Waals surface area contributed by atoms with E-state index in [9.17, 15) is 19.8 Å². The smallest absolute Gasteiger partial charge is 0.303 e. The highest BCUT2D eigenvalue weighted by atomic mass is 16.4. The minimum atomic E-state index is -0.806. The van der Waals surface area contributed by atoms with E-state index < -0.39 is 18.2 Å². The Labute approximate surface area is 149 Å². The lowest BCUT2D eigenvalue weighted by molar-refractivity contribution is -0.137. The molecule has 1 aliphatic carbocycles. The SMILES string of the molecule is CC/C=C/C[C@@H](O)/C=C/[C@H]1[C@H](C/C=C/CCCC(=O)O)C(=O)C[C@@H]1O. The van der Waals surface area contributed by atoms with Gasteiger partial charge in [-0.3, -0.25) is 9.59 Å². The second kappa shape index (κ2) is 11.8. The maximum absolute atomic E-state index is 12.1. The molecule has 1 saturated carbocycles. The number of unbranched alkanes of at least 4 members (excludes halogenated alkanes) is 1. The Morgan fingerprint density at radius 2 is 2.04 bits per heavy atom. The number of Topliss-reactive ketones (excluding diaryl/α,β-unsaturated/α-hetero) is 1. The molecule has 4 atom stereocenters. The van der Waals surface area contributed by atoms with Gasteiger partial charge in [0.1, 0.15) is 5.78 Å². The fourth-order valence-corrected chi connectivity index (χ4v) is 3.00. The number of hydrogen-bond acceptors (Lipinski definition) is 4. The van der Waals surface area contributed by atoms with E-state index in [2.05, 4.69) is 0 Å². The molecule has 5 nitrogen and oxygen atoms in total. The van der Waals surface area contributed by atoms with Crippen molar-refractivity contribution in [2.24, 2.45) is 11.8 Å². The number of carbonyl (C=O) groups excluding carboxylic acids is 1. The molecule has 0 spiro atoms. The van der Waals surface area contributed by atoms with Gasteiger partial charge in [0.2, 0.25) is 0 Å². The normalized spacial score (nSPS) is 25.6. The van der Waals surface area contributed by atoms with Crippen LogP contribution in [0.25, 0.3) is 0 Å². The molecule has 0 amide bonds. The zero-order valence-electron chi connectivity index (χ0n) is 14.9. The first-order valence-corrected chi connectivity index (χ1v) is 9.04. The molecule has 0 radical (unpaired) electrons. The van der Waals surface area contributed by atoms with Gasteiger partial charge >= 0.3 is 5.97 Å². The van der Waals surface area contributed by atoms with Crippen LogP contribution in [0.5, 0.6) is 0 Å². The van der Waals surface area contributed by atoms with Gasteiger partial charge < -0.3 is 15.3 Å². The highest BCUT2D eigenvalue weighted by molar-refractivity contribution is 5.84. The van der Waals surface area contributed by atoms with Crippen LogP contribution in [0.4, 0.5) is 0 Å². The zero-order valence-corrected chi connectivity index (χ0v) is 14.9. The van der Waals surface area contributed by atoms with Gasteiger partial charge in [-0.25, -0.2) is 0 Å². The number of hydrogen-bond donors (Lipinski definition) is 3. The zero-order chi connectivity index (χ0) is 18.7. The van der Waals surface area contributed by atoms with Crippen molar-refractivity contribution in [2.45, 2.75) is 64.1 Å². The molecule has 1 fully saturated rings. The van der Waals surface area contributed by atoms with Crippen LogP contribution >= 0.6 is 0 Å². The van der Waals surface area contributed by atoms with Crippen molar-refractivity contribution >= 4 is 11.8 Å². The van der Waals surface area contributed by atoms with E-state index in [-0.39, 0.29) is 30.5 Å². The van der Waals surface area contributed by atoms with E-state index in [1.807, 2.05) is 31.2 Å². The van der Waals surface area contributed by atoms with Gasteiger partial charge in [0.15, 0.2) is 0 Å². The number of aliphatic hydroxyl groups is 2. The summed E-state index contributed by atoms with van der Waals surface area (Å²) in [5.74, 6) is -1.32. The van der Waals surface area contributed by atoms with E-state index in [0.717, 1.165) is 6.42 Å². The van der Waals surface area contributed by atoms with Crippen molar-refractivity contribution in [1.29, 1.82) is 0 Å². The molecule has 0 unspecified atom stereocenters. The fraction of sp³-hybridized carbons (Fsp3) is 0.600. The number of allylic oxidation sites excluding steroid dienone is 3. The number of carboxylic acids is 1. The third-order valence-electron chi connectivity index (χ3n) is 4.39. The molecule has 0 aromatic heterocycles. The van der Waals surface area contributed by atoms with Crippen molar-refractivity contribution in [3.63, 3.8) is 0 Å². The Morgan fingerprint density at radius 3 is 2.72 bits per heavy atom. The second-order valence-corrected chi connectivity index (χ2v) is 6.48. The molecule has 1 rings (SSSR count). The summed E-state index contributed by atoms with van der Waals surface area (Å²) in [7, 11) is 0. The monoisotopic (exact) mass is 350 g/mol. The Hall–Kier alpha value is -1.72. The Balaban J connectivity index is 2.52. The van der Waals surface area contributed by atoms with Crippen molar-refractivity contribution < 1.29 is 24.9 Å². The van der Waals surface area contributed by atoms with E-state index in [0.29, 0.717) is 25.7 Å². The molecular weight excluding hydrogens is 320 g/mol. The minimum absolute atomic E-state index is 0.0395. The largest absolute Gasteiger partial charge is 0.481 e. The quantitative estimate of drug-likeness (QED) is 0.393. The average Bonchev–Trinajstić information content (AvgIpc) is 2.82. The van der Waals surface area contributed by atoms with Crippen molar-refractivity contribution in [3.8, 4) is 0 Å². The molecule has 25 heavy (non-hydrogen) atoms. The van der Waals surface area contributed by atoms with Gasteiger partial charge in [-0.1, -0.05) is 43.4 Å². The van der Waals surface area contributed by atoms with Gasteiger partial charge in [0.25, 0.3) is 0 Å². The maximum atomic E-state index is 12.1. The third kappa shape index (κ3) is 8.27. The summed E-state index contributed by atoms with van der Waals surface area (Å²) in [6.45, 7) is 2.03. The van der Waals surface area contributed by atoms with E-state index in [4.69, 9.17) is 5.11 Å². The number of carboxylic acid groups (broad SMARTS) is 1. The highest BCUT2D eigenvalue weighted by Crippen LogP contribution is 2.33. The van der Waals surface area contributed by atoms with Gasteiger partial charge in [-0.05, 0) is 32.1 Å². The van der Waals surface area contributed by atoms with Crippen molar-refractivity contribution in [3.05, 3.63) is 36.5 Å². The van der Waals surface area contributed by atoms with Gasteiger partial charge in [-0.2, -0.15) is 0 Å². The van der Waals surface area contributed by atoms with Gasteiger partial charge in [0, 0.05) is 24.7 Å². The van der Waals surface area contributed by atoms with Crippen LogP contribution < -0.4 is 0 Å². The summed E-state index contributed by atoms with van der Waals surface area (Å²) >= 11 is 0. The number of aliphatic hydroxyl groups excluding tert-OH is 2. The molecule has 0 aromatic carbocycles. The lowest BCUT2D eigenvalue weighted by Gasteiger charge is -2.16. The van der Waals surface area contributed by atoms with Crippen LogP contribution in [0.1, 0.15) is 51.9 Å². The first-order chi connectivity index (χ1) is 12.0. The Bertz CT molecular complexity index is 506. The summed E-state index contributed by atoms with van der Waals surface area (Å²) in [4.78, 5) is 22.5. The molecular formula is C20H30O5. The molecule has 0 aromatic rings. The number of aliphatic carboxylic acids is 1. The maximum Gasteiger partial charge on any atom is 0.303 e. The lowest BCUT2D eigenvalue weighted by atomic mass is 9.90. The fourth-order valence-electron chi connectivity index (χ4n) is 3.00. The third-order valence-corrected chi connectivity index (χ3v) is 4.39. The van der Waals surface area contributed by atoms with Crippen LogP contribution in [-0.2, 0) is 9.59 Å². The topological polar surface area (TPSA) is 94.8 Å². The average molecular weight is 350 g/mol. The molecule has 0 saturated heterocycles. The van der Waals surface area contributed by atoms with E-state index >= 15 is 0 Å². The van der Waals surface area contributed by atoms with Crippen molar-refractivity contribution in [2.75, 3.05) is 0 Å². The molecule has 1 aliphatic rings. The second-order valence-electron chi connectivity index (χ2n) is 6.48. The van der Waals surface area contributed by atoms with Gasteiger partial charge in [-0.15, -0.1) is 0 Å².